The summed E-state index contributed by atoms with van der Waals surface area (Å²) in [5, 5.41) is 4.28. The summed E-state index contributed by atoms with van der Waals surface area (Å²) in [7, 11) is 3.95. The van der Waals surface area contributed by atoms with Crippen molar-refractivity contribution in [3.05, 3.63) is 23.8 Å². The third-order valence-electron chi connectivity index (χ3n) is 3.83. The highest BCUT2D eigenvalue weighted by atomic mass is 33.1. The van der Waals surface area contributed by atoms with Crippen LogP contribution in [0.2, 0.25) is 0 Å². The third kappa shape index (κ3) is 2.34. The zero-order chi connectivity index (χ0) is 14.3. The van der Waals surface area contributed by atoms with Crippen LogP contribution in [0.1, 0.15) is 32.3 Å². The highest BCUT2D eigenvalue weighted by molar-refractivity contribution is 8.84. The predicted molar refractivity (Wildman–Crippen MR) is 95.3 cm³/mol. The van der Waals surface area contributed by atoms with Crippen molar-refractivity contribution in [2.24, 2.45) is 0 Å². The molecule has 0 unspecified atom stereocenters. The van der Waals surface area contributed by atoms with E-state index in [4.69, 9.17) is 4.74 Å². The summed E-state index contributed by atoms with van der Waals surface area (Å²) >= 11 is 1.89. The van der Waals surface area contributed by atoms with E-state index < -0.39 is 0 Å². The van der Waals surface area contributed by atoms with Crippen LogP contribution in [0.15, 0.2) is 18.2 Å². The Labute approximate surface area is 132 Å². The number of benzene rings is 1. The van der Waals surface area contributed by atoms with E-state index in [1.807, 2.05) is 39.9 Å². The first-order chi connectivity index (χ1) is 9.56. The van der Waals surface area contributed by atoms with Crippen molar-refractivity contribution in [3.8, 4) is 5.75 Å². The van der Waals surface area contributed by atoms with Crippen molar-refractivity contribution in [2.45, 2.75) is 37.5 Å². The molecule has 2 heterocycles. The number of rotatable bonds is 2. The zero-order valence-corrected chi connectivity index (χ0v) is 14.7. The molecule has 1 fully saturated rings. The number of anilines is 1. The van der Waals surface area contributed by atoms with Gasteiger partial charge in [0.1, 0.15) is 5.75 Å². The van der Waals surface area contributed by atoms with E-state index in [1.54, 1.807) is 0 Å². The summed E-state index contributed by atoms with van der Waals surface area (Å²) in [4.78, 5) is 0. The van der Waals surface area contributed by atoms with Gasteiger partial charge in [0.05, 0.1) is 17.8 Å². The van der Waals surface area contributed by atoms with Gasteiger partial charge in [-0.15, -0.1) is 0 Å². The first-order valence-electron chi connectivity index (χ1n) is 6.86. The van der Waals surface area contributed by atoms with Crippen LogP contribution in [-0.2, 0) is 11.4 Å². The molecule has 0 aliphatic carbocycles. The van der Waals surface area contributed by atoms with Crippen molar-refractivity contribution < 1.29 is 4.74 Å². The highest BCUT2D eigenvalue weighted by Gasteiger charge is 2.52. The quantitative estimate of drug-likeness (QED) is 0.504. The summed E-state index contributed by atoms with van der Waals surface area (Å²) < 4.78 is 7.20. The van der Waals surface area contributed by atoms with Gasteiger partial charge in [0.2, 0.25) is 0 Å². The van der Waals surface area contributed by atoms with Gasteiger partial charge in [-0.3, -0.25) is 0 Å². The maximum atomic E-state index is 5.68. The molecule has 1 saturated heterocycles. The molecular weight excluding hydrogens is 306 g/mol. The Balaban J connectivity index is 2.10. The molecule has 0 saturated carbocycles. The Kier molecular flexibility index (Phi) is 3.95. The summed E-state index contributed by atoms with van der Waals surface area (Å²) in [6.45, 7) is 7.36. The number of hydrogen-bond acceptors (Lipinski definition) is 4. The van der Waals surface area contributed by atoms with E-state index in [0.717, 1.165) is 5.75 Å². The van der Waals surface area contributed by atoms with Crippen molar-refractivity contribution in [1.82, 2.24) is 0 Å². The zero-order valence-electron chi connectivity index (χ0n) is 12.2. The van der Waals surface area contributed by atoms with Gasteiger partial charge in [-0.2, -0.15) is 0 Å². The molecule has 2 atom stereocenters. The lowest BCUT2D eigenvalue weighted by Gasteiger charge is -2.41. The standard InChI is InChI=1S/C15H20NOS3/c1-5-17-9-6-7-11-10(8-9)12-13(15(2,3)16-11)19-20-14(12)18-4/h6-8,12-13,16H,5H2,1-4H3/q+1/t12-,13+/m1/s1. The van der Waals surface area contributed by atoms with E-state index >= 15 is 0 Å². The molecule has 3 rings (SSSR count). The Morgan fingerprint density at radius 1 is 1.40 bits per heavy atom. The average Bonchev–Trinajstić information content (AvgIpc) is 2.85. The molecule has 2 nitrogen and oxygen atoms in total. The fraction of sp³-hybridized carbons (Fsp3) is 0.533. The second-order valence-corrected chi connectivity index (χ2v) is 9.12. The average molecular weight is 327 g/mol. The smallest absolute Gasteiger partial charge is 0.253 e. The van der Waals surface area contributed by atoms with E-state index in [0.29, 0.717) is 17.8 Å². The molecular formula is C15H20NOS3+. The lowest BCUT2D eigenvalue weighted by molar-refractivity contribution is 0.339. The normalized spacial score (nSPS) is 28.7. The molecule has 1 N–H and O–H groups in total. The van der Waals surface area contributed by atoms with Crippen LogP contribution < -0.4 is 10.1 Å². The van der Waals surface area contributed by atoms with Crippen LogP contribution in [-0.4, -0.2) is 27.8 Å². The molecule has 1 aromatic rings. The summed E-state index contributed by atoms with van der Waals surface area (Å²) in [6.07, 6.45) is 2.19. The van der Waals surface area contributed by atoms with Crippen LogP contribution in [0.5, 0.6) is 5.75 Å². The molecule has 0 aromatic heterocycles. The minimum Gasteiger partial charge on any atom is -0.494 e. The fourth-order valence-corrected chi connectivity index (χ4v) is 8.05. The monoisotopic (exact) mass is 326 g/mol. The van der Waals surface area contributed by atoms with Gasteiger partial charge >= 0.3 is 0 Å². The fourth-order valence-electron chi connectivity index (χ4n) is 2.90. The Bertz CT molecular complexity index is 556. The van der Waals surface area contributed by atoms with Crippen LogP contribution >= 0.6 is 21.6 Å². The number of ether oxygens (including phenoxy) is 1. The SMILES string of the molecule is CCOc1ccc2c(c1)[C@H]1C(=[S+]C)SS[C@@H]1C(C)(C)N2. The van der Waals surface area contributed by atoms with Gasteiger partial charge in [0, 0.05) is 22.0 Å². The summed E-state index contributed by atoms with van der Waals surface area (Å²) in [5.74, 6) is 1.49. The van der Waals surface area contributed by atoms with E-state index in [-0.39, 0.29) is 5.54 Å². The lowest BCUT2D eigenvalue weighted by Crippen LogP contribution is -2.48. The van der Waals surface area contributed by atoms with Crippen molar-refractivity contribution in [3.63, 3.8) is 0 Å². The van der Waals surface area contributed by atoms with Crippen LogP contribution in [0.3, 0.4) is 0 Å². The molecule has 20 heavy (non-hydrogen) atoms. The Morgan fingerprint density at radius 3 is 2.90 bits per heavy atom. The molecule has 0 spiro atoms. The van der Waals surface area contributed by atoms with Gasteiger partial charge in [0.15, 0.2) is 17.6 Å². The maximum absolute atomic E-state index is 5.68. The molecule has 2 aliphatic heterocycles. The number of nitrogens with one attached hydrogen (secondary N) is 1. The number of fused-ring (bicyclic) bond motifs is 3. The van der Waals surface area contributed by atoms with Gasteiger partial charge in [-0.05, 0) is 44.5 Å². The largest absolute Gasteiger partial charge is 0.494 e. The second-order valence-electron chi connectivity index (χ2n) is 5.63. The lowest BCUT2D eigenvalue weighted by atomic mass is 9.81. The van der Waals surface area contributed by atoms with Gasteiger partial charge in [0.25, 0.3) is 4.20 Å². The highest BCUT2D eigenvalue weighted by Crippen LogP contribution is 2.57. The molecule has 0 amide bonds. The van der Waals surface area contributed by atoms with Crippen molar-refractivity contribution in [1.29, 1.82) is 0 Å². The van der Waals surface area contributed by atoms with Gasteiger partial charge in [-0.1, -0.05) is 10.8 Å². The van der Waals surface area contributed by atoms with Crippen LogP contribution in [0.4, 0.5) is 5.69 Å². The Hall–Kier alpha value is -0.390. The Morgan fingerprint density at radius 2 is 2.20 bits per heavy atom. The minimum absolute atomic E-state index is 0.111. The summed E-state index contributed by atoms with van der Waals surface area (Å²) in [5.41, 5.74) is 2.76. The topological polar surface area (TPSA) is 21.3 Å². The molecule has 0 bridgehead atoms. The molecule has 0 radical (unpaired) electrons. The predicted octanol–water partition coefficient (Wildman–Crippen LogP) is 3.98. The minimum atomic E-state index is 0.111. The van der Waals surface area contributed by atoms with E-state index in [9.17, 15) is 0 Å². The first kappa shape index (κ1) is 14.5. The van der Waals surface area contributed by atoms with Crippen LogP contribution in [0, 0.1) is 0 Å². The van der Waals surface area contributed by atoms with Gasteiger partial charge < -0.3 is 10.1 Å². The van der Waals surface area contributed by atoms with E-state index in [1.165, 1.54) is 15.4 Å². The van der Waals surface area contributed by atoms with E-state index in [2.05, 4.69) is 43.6 Å². The van der Waals surface area contributed by atoms with Crippen molar-refractivity contribution in [2.75, 3.05) is 18.2 Å². The first-order valence-corrected chi connectivity index (χ1v) is 10.3. The van der Waals surface area contributed by atoms with Gasteiger partial charge in [-0.25, -0.2) is 0 Å². The molecule has 2 aliphatic rings. The van der Waals surface area contributed by atoms with Crippen LogP contribution in [0.25, 0.3) is 0 Å². The third-order valence-corrected chi connectivity index (χ3v) is 8.58. The number of hydrogen-bond donors (Lipinski definition) is 1. The van der Waals surface area contributed by atoms with Crippen molar-refractivity contribution >= 4 is 42.8 Å². The molecule has 5 heteroatoms. The maximum Gasteiger partial charge on any atom is 0.253 e. The summed E-state index contributed by atoms with van der Waals surface area (Å²) in [6, 6.07) is 6.46. The molecule has 1 aromatic carbocycles. The second kappa shape index (κ2) is 5.43. The molecule has 108 valence electrons.